The molecule has 0 aliphatic carbocycles. The van der Waals surface area contributed by atoms with Gasteiger partial charge in [-0.3, -0.25) is 9.69 Å². The molecule has 0 atom stereocenters. The van der Waals surface area contributed by atoms with Crippen molar-refractivity contribution in [3.05, 3.63) is 22.1 Å². The average molecular weight is 352 g/mol. The first kappa shape index (κ1) is 13.2. The Bertz CT molecular complexity index is 796. The third kappa shape index (κ3) is 2.32. The molecule has 0 aliphatic heterocycles. The summed E-state index contributed by atoms with van der Waals surface area (Å²) in [6.07, 6.45) is 1.70. The van der Waals surface area contributed by atoms with Crippen molar-refractivity contribution in [3.63, 3.8) is 0 Å². The van der Waals surface area contributed by atoms with E-state index in [0.717, 1.165) is 9.99 Å². The van der Waals surface area contributed by atoms with Crippen LogP contribution in [0.4, 0.5) is 5.13 Å². The minimum absolute atomic E-state index is 0.0545. The first-order valence-corrected chi connectivity index (χ1v) is 7.43. The van der Waals surface area contributed by atoms with Gasteiger partial charge in [0.15, 0.2) is 16.6 Å². The highest BCUT2D eigenvalue weighted by atomic mass is 79.9. The number of imidazole rings is 1. The minimum Gasteiger partial charge on any atom is -0.335 e. The third-order valence-electron chi connectivity index (χ3n) is 2.80. The molecule has 8 heteroatoms. The van der Waals surface area contributed by atoms with Crippen LogP contribution in [0.2, 0.25) is 0 Å². The van der Waals surface area contributed by atoms with Gasteiger partial charge in [0.1, 0.15) is 5.69 Å². The smallest absolute Gasteiger partial charge is 0.225 e. The molecule has 102 valence electrons. The number of carbonyl (C=O) groups excluding carboxylic acids is 1. The Hall–Kier alpha value is -1.80. The molecule has 0 saturated heterocycles. The number of carbonyl (C=O) groups is 1. The van der Waals surface area contributed by atoms with Crippen molar-refractivity contribution in [2.24, 2.45) is 0 Å². The molecule has 3 aromatic rings. The van der Waals surface area contributed by atoms with Crippen LogP contribution < -0.4 is 4.90 Å². The van der Waals surface area contributed by atoms with Gasteiger partial charge in [-0.15, -0.1) is 11.3 Å². The van der Waals surface area contributed by atoms with Gasteiger partial charge in [-0.05, 0) is 22.0 Å². The molecule has 3 heterocycles. The van der Waals surface area contributed by atoms with Gasteiger partial charge in [0.05, 0.1) is 5.52 Å². The number of rotatable bonds is 2. The van der Waals surface area contributed by atoms with Gasteiger partial charge in [-0.25, -0.2) is 15.0 Å². The summed E-state index contributed by atoms with van der Waals surface area (Å²) >= 11 is 4.77. The average Bonchev–Trinajstić information content (AvgIpc) is 3.02. The summed E-state index contributed by atoms with van der Waals surface area (Å²) in [6, 6.07) is 1.91. The molecule has 0 aromatic carbocycles. The van der Waals surface area contributed by atoms with Crippen molar-refractivity contribution < 1.29 is 4.79 Å². The Balaban J connectivity index is 2.01. The second-order valence-electron chi connectivity index (χ2n) is 4.20. The van der Waals surface area contributed by atoms with Gasteiger partial charge >= 0.3 is 0 Å². The third-order valence-corrected chi connectivity index (χ3v) is 4.15. The number of hydrogen-bond acceptors (Lipinski definition) is 5. The maximum atomic E-state index is 11.3. The molecular formula is C12H10BrN5OS. The highest BCUT2D eigenvalue weighted by molar-refractivity contribution is 9.10. The van der Waals surface area contributed by atoms with E-state index in [4.69, 9.17) is 0 Å². The summed E-state index contributed by atoms with van der Waals surface area (Å²) < 4.78 is 0.885. The predicted molar refractivity (Wildman–Crippen MR) is 81.8 cm³/mol. The van der Waals surface area contributed by atoms with Gasteiger partial charge in [-0.1, -0.05) is 0 Å². The van der Waals surface area contributed by atoms with Gasteiger partial charge in [-0.2, -0.15) is 0 Å². The topological polar surface area (TPSA) is 74.8 Å². The fraction of sp³-hybridized carbons (Fsp3) is 0.167. The maximum absolute atomic E-state index is 11.3. The number of amides is 1. The minimum atomic E-state index is -0.0545. The standard InChI is InChI=1S/C12H10BrN5OS/c1-6(19)18(2)12-16-9(5-20-12)11-15-8-3-7(13)4-14-10(8)17-11/h3-5H,1-2H3,(H,14,15,17). The molecule has 1 amide bonds. The number of H-pyrrole nitrogens is 1. The second-order valence-corrected chi connectivity index (χ2v) is 5.96. The van der Waals surface area contributed by atoms with Gasteiger partial charge in [0, 0.05) is 30.0 Å². The molecule has 0 radical (unpaired) electrons. The summed E-state index contributed by atoms with van der Waals surface area (Å²) in [4.78, 5) is 29.0. The normalized spacial score (nSPS) is 10.9. The maximum Gasteiger partial charge on any atom is 0.225 e. The molecule has 0 fully saturated rings. The Kier molecular flexibility index (Phi) is 3.27. The molecule has 0 unspecified atom stereocenters. The monoisotopic (exact) mass is 351 g/mol. The first-order chi connectivity index (χ1) is 9.54. The first-order valence-electron chi connectivity index (χ1n) is 5.76. The van der Waals surface area contributed by atoms with E-state index in [2.05, 4.69) is 35.9 Å². The van der Waals surface area contributed by atoms with Crippen LogP contribution in [0.1, 0.15) is 6.92 Å². The van der Waals surface area contributed by atoms with Crippen molar-refractivity contribution in [1.29, 1.82) is 0 Å². The SMILES string of the molecule is CC(=O)N(C)c1nc(-c2nc3ncc(Br)cc3[nH]2)cs1. The second kappa shape index (κ2) is 4.95. The Morgan fingerprint density at radius 2 is 2.25 bits per heavy atom. The summed E-state index contributed by atoms with van der Waals surface area (Å²) in [5, 5.41) is 2.50. The van der Waals surface area contributed by atoms with Crippen LogP contribution in [-0.4, -0.2) is 32.9 Å². The van der Waals surface area contributed by atoms with Crippen LogP contribution in [0.25, 0.3) is 22.7 Å². The quantitative estimate of drug-likeness (QED) is 0.770. The number of hydrogen-bond donors (Lipinski definition) is 1. The van der Waals surface area contributed by atoms with E-state index >= 15 is 0 Å². The van der Waals surface area contributed by atoms with Crippen LogP contribution in [0.3, 0.4) is 0 Å². The molecule has 0 spiro atoms. The Morgan fingerprint density at radius 1 is 1.45 bits per heavy atom. The highest BCUT2D eigenvalue weighted by Crippen LogP contribution is 2.26. The molecule has 20 heavy (non-hydrogen) atoms. The van der Waals surface area contributed by atoms with E-state index in [-0.39, 0.29) is 5.91 Å². The molecular weight excluding hydrogens is 342 g/mol. The number of pyridine rings is 1. The summed E-state index contributed by atoms with van der Waals surface area (Å²) in [5.74, 6) is 0.589. The van der Waals surface area contributed by atoms with E-state index in [1.54, 1.807) is 13.2 Å². The van der Waals surface area contributed by atoms with Crippen LogP contribution in [0, 0.1) is 0 Å². The zero-order valence-electron chi connectivity index (χ0n) is 10.7. The highest BCUT2D eigenvalue weighted by Gasteiger charge is 2.14. The molecule has 0 bridgehead atoms. The molecule has 0 aliphatic rings. The number of anilines is 1. The van der Waals surface area contributed by atoms with E-state index in [0.29, 0.717) is 22.3 Å². The predicted octanol–water partition coefficient (Wildman–Crippen LogP) is 2.83. The number of halogens is 1. The largest absolute Gasteiger partial charge is 0.335 e. The summed E-state index contributed by atoms with van der Waals surface area (Å²) in [5.41, 5.74) is 2.17. The zero-order valence-corrected chi connectivity index (χ0v) is 13.1. The summed E-state index contributed by atoms with van der Waals surface area (Å²) in [6.45, 7) is 1.50. The fourth-order valence-electron chi connectivity index (χ4n) is 1.66. The Morgan fingerprint density at radius 3 is 3.00 bits per heavy atom. The zero-order chi connectivity index (χ0) is 14.3. The molecule has 3 aromatic heterocycles. The van der Waals surface area contributed by atoms with Crippen LogP contribution in [-0.2, 0) is 4.79 Å². The molecule has 6 nitrogen and oxygen atoms in total. The van der Waals surface area contributed by atoms with E-state index in [9.17, 15) is 4.79 Å². The van der Waals surface area contributed by atoms with Crippen molar-refractivity contribution in [2.45, 2.75) is 6.92 Å². The van der Waals surface area contributed by atoms with Crippen molar-refractivity contribution in [1.82, 2.24) is 19.9 Å². The lowest BCUT2D eigenvalue weighted by molar-refractivity contribution is -0.116. The number of aromatic nitrogens is 4. The van der Waals surface area contributed by atoms with E-state index in [1.165, 1.54) is 23.2 Å². The molecule has 1 N–H and O–H groups in total. The van der Waals surface area contributed by atoms with E-state index < -0.39 is 0 Å². The van der Waals surface area contributed by atoms with Crippen LogP contribution in [0.15, 0.2) is 22.1 Å². The van der Waals surface area contributed by atoms with Gasteiger partial charge < -0.3 is 4.98 Å². The van der Waals surface area contributed by atoms with Gasteiger partial charge in [0.25, 0.3) is 0 Å². The lowest BCUT2D eigenvalue weighted by Gasteiger charge is -2.09. The number of thiazole rings is 1. The van der Waals surface area contributed by atoms with Crippen LogP contribution >= 0.6 is 27.3 Å². The summed E-state index contributed by atoms with van der Waals surface area (Å²) in [7, 11) is 1.70. The number of fused-ring (bicyclic) bond motifs is 1. The lowest BCUT2D eigenvalue weighted by Crippen LogP contribution is -2.22. The van der Waals surface area contributed by atoms with Crippen molar-refractivity contribution in [2.75, 3.05) is 11.9 Å². The van der Waals surface area contributed by atoms with E-state index in [1.807, 2.05) is 11.4 Å². The van der Waals surface area contributed by atoms with Crippen molar-refractivity contribution in [3.8, 4) is 11.5 Å². The van der Waals surface area contributed by atoms with Gasteiger partial charge in [0.2, 0.25) is 5.91 Å². The lowest BCUT2D eigenvalue weighted by atomic mass is 10.4. The molecule has 3 rings (SSSR count). The van der Waals surface area contributed by atoms with Crippen LogP contribution in [0.5, 0.6) is 0 Å². The fourth-order valence-corrected chi connectivity index (χ4v) is 2.81. The molecule has 0 saturated carbocycles. The number of nitrogens with zero attached hydrogens (tertiary/aromatic N) is 4. The number of aromatic amines is 1. The van der Waals surface area contributed by atoms with Crippen molar-refractivity contribution >= 4 is 49.5 Å². The number of nitrogens with one attached hydrogen (secondary N) is 1. The Labute approximate surface area is 127 Å².